The number of carbonyl (C=O) groups is 3. The van der Waals surface area contributed by atoms with E-state index in [9.17, 15) is 14.4 Å². The van der Waals surface area contributed by atoms with E-state index >= 15 is 0 Å². The highest BCUT2D eigenvalue weighted by molar-refractivity contribution is 6.01. The minimum absolute atomic E-state index is 0.0460. The van der Waals surface area contributed by atoms with Gasteiger partial charge in [0.25, 0.3) is 5.91 Å². The number of hydrogen-bond acceptors (Lipinski definition) is 3. The third-order valence-corrected chi connectivity index (χ3v) is 5.75. The molecule has 29 heavy (non-hydrogen) atoms. The van der Waals surface area contributed by atoms with Gasteiger partial charge in [-0.15, -0.1) is 0 Å². The number of hydrogen-bond donors (Lipinski definition) is 1. The van der Waals surface area contributed by atoms with Gasteiger partial charge in [0.15, 0.2) is 0 Å². The molecule has 0 radical (unpaired) electrons. The first kappa shape index (κ1) is 19.2. The molecule has 2 aliphatic heterocycles. The molecule has 0 atom stereocenters. The van der Waals surface area contributed by atoms with Crippen LogP contribution >= 0.6 is 0 Å². The van der Waals surface area contributed by atoms with Gasteiger partial charge in [-0.3, -0.25) is 14.5 Å². The van der Waals surface area contributed by atoms with Crippen LogP contribution in [0.2, 0.25) is 0 Å². The second kappa shape index (κ2) is 8.47. The fourth-order valence-electron chi connectivity index (χ4n) is 4.02. The first-order valence-corrected chi connectivity index (χ1v) is 10.1. The Labute approximate surface area is 170 Å². The Bertz CT molecular complexity index is 871. The molecular weight excluding hydrogens is 366 g/mol. The maximum absolute atomic E-state index is 12.8. The molecule has 2 heterocycles. The minimum atomic E-state index is -0.367. The predicted molar refractivity (Wildman–Crippen MR) is 109 cm³/mol. The summed E-state index contributed by atoms with van der Waals surface area (Å²) in [5.41, 5.74) is 2.83. The van der Waals surface area contributed by atoms with Crippen LogP contribution in [0.3, 0.4) is 0 Å². The molecule has 6 nitrogen and oxygen atoms in total. The number of nitrogens with one attached hydrogen (secondary N) is 1. The third-order valence-electron chi connectivity index (χ3n) is 5.75. The van der Waals surface area contributed by atoms with E-state index in [2.05, 4.69) is 29.6 Å². The zero-order valence-electron chi connectivity index (χ0n) is 16.3. The van der Waals surface area contributed by atoms with Gasteiger partial charge in [-0.1, -0.05) is 42.5 Å². The van der Waals surface area contributed by atoms with Gasteiger partial charge < -0.3 is 10.2 Å². The molecular formula is C23H25N3O3. The second-order valence-electron chi connectivity index (χ2n) is 7.76. The average molecular weight is 391 g/mol. The molecule has 0 bridgehead atoms. The number of benzene rings is 2. The Hall–Kier alpha value is -3.15. The summed E-state index contributed by atoms with van der Waals surface area (Å²) in [6, 6.07) is 17.3. The summed E-state index contributed by atoms with van der Waals surface area (Å²) in [5, 5.41) is 2.51. The summed E-state index contributed by atoms with van der Waals surface area (Å²) < 4.78 is 0. The number of likely N-dealkylation sites (tertiary alicyclic amines) is 1. The lowest BCUT2D eigenvalue weighted by atomic mass is 9.90. The number of carbonyl (C=O) groups excluding carboxylic acids is 3. The van der Waals surface area contributed by atoms with Crippen LogP contribution < -0.4 is 5.32 Å². The monoisotopic (exact) mass is 391 g/mol. The number of rotatable bonds is 5. The zero-order valence-corrected chi connectivity index (χ0v) is 16.3. The van der Waals surface area contributed by atoms with Crippen LogP contribution in [0.1, 0.15) is 34.3 Å². The maximum atomic E-state index is 12.8. The molecule has 1 N–H and O–H groups in total. The van der Waals surface area contributed by atoms with Crippen LogP contribution in [-0.2, 0) is 17.8 Å². The first-order valence-electron chi connectivity index (χ1n) is 10.1. The molecule has 0 aromatic heterocycles. The van der Waals surface area contributed by atoms with Gasteiger partial charge in [0.2, 0.25) is 5.91 Å². The summed E-state index contributed by atoms with van der Waals surface area (Å²) in [5.74, 6) is 0.436. The van der Waals surface area contributed by atoms with Crippen molar-refractivity contribution in [3.63, 3.8) is 0 Å². The molecule has 0 aliphatic carbocycles. The molecule has 0 unspecified atom stereocenters. The van der Waals surface area contributed by atoms with Crippen molar-refractivity contribution in [2.45, 2.75) is 25.8 Å². The van der Waals surface area contributed by atoms with Crippen LogP contribution in [0.5, 0.6) is 0 Å². The van der Waals surface area contributed by atoms with E-state index in [0.29, 0.717) is 11.5 Å². The standard InChI is InChI=1S/C23H25N3O3/c27-21-15-24-23(29)26(21)16-19-6-8-20(9-7-19)22(28)25-12-10-18(11-13-25)14-17-4-2-1-3-5-17/h1-9,18H,10-16H2,(H,24,29). The summed E-state index contributed by atoms with van der Waals surface area (Å²) in [6.07, 6.45) is 3.11. The predicted octanol–water partition coefficient (Wildman–Crippen LogP) is 2.83. The van der Waals surface area contributed by atoms with E-state index in [0.717, 1.165) is 37.9 Å². The topological polar surface area (TPSA) is 69.7 Å². The van der Waals surface area contributed by atoms with E-state index in [1.165, 1.54) is 10.5 Å². The largest absolute Gasteiger partial charge is 0.339 e. The molecule has 0 spiro atoms. The number of urea groups is 1. The van der Waals surface area contributed by atoms with Crippen LogP contribution in [0, 0.1) is 5.92 Å². The third kappa shape index (κ3) is 4.47. The average Bonchev–Trinajstić information content (AvgIpc) is 3.07. The van der Waals surface area contributed by atoms with E-state index in [1.54, 1.807) is 12.1 Å². The van der Waals surface area contributed by atoms with E-state index in [4.69, 9.17) is 0 Å². The highest BCUT2D eigenvalue weighted by Crippen LogP contribution is 2.23. The highest BCUT2D eigenvalue weighted by atomic mass is 16.2. The Morgan fingerprint density at radius 1 is 0.931 bits per heavy atom. The van der Waals surface area contributed by atoms with Crippen molar-refractivity contribution in [3.8, 4) is 0 Å². The number of amides is 4. The molecule has 4 rings (SSSR count). The molecule has 4 amide bonds. The lowest BCUT2D eigenvalue weighted by Crippen LogP contribution is -2.38. The van der Waals surface area contributed by atoms with Gasteiger partial charge in [-0.25, -0.2) is 4.79 Å². The van der Waals surface area contributed by atoms with E-state index in [-0.39, 0.29) is 30.9 Å². The van der Waals surface area contributed by atoms with Crippen LogP contribution in [0.4, 0.5) is 4.79 Å². The summed E-state index contributed by atoms with van der Waals surface area (Å²) in [6.45, 7) is 1.83. The van der Waals surface area contributed by atoms with Crippen molar-refractivity contribution < 1.29 is 14.4 Å². The van der Waals surface area contributed by atoms with E-state index in [1.807, 2.05) is 23.1 Å². The van der Waals surface area contributed by atoms with Crippen LogP contribution in [0.25, 0.3) is 0 Å². The fraction of sp³-hybridized carbons (Fsp3) is 0.348. The highest BCUT2D eigenvalue weighted by Gasteiger charge is 2.28. The maximum Gasteiger partial charge on any atom is 0.324 e. The van der Waals surface area contributed by atoms with Gasteiger partial charge in [0.1, 0.15) is 0 Å². The molecule has 2 saturated heterocycles. The number of nitrogens with zero attached hydrogens (tertiary/aromatic N) is 2. The van der Waals surface area contributed by atoms with Crippen molar-refractivity contribution >= 4 is 17.8 Å². The Balaban J connectivity index is 1.31. The lowest BCUT2D eigenvalue weighted by Gasteiger charge is -2.32. The summed E-state index contributed by atoms with van der Waals surface area (Å²) in [7, 11) is 0. The van der Waals surface area contributed by atoms with E-state index < -0.39 is 0 Å². The van der Waals surface area contributed by atoms with Gasteiger partial charge in [-0.2, -0.15) is 0 Å². The van der Waals surface area contributed by atoms with Crippen LogP contribution in [-0.4, -0.2) is 47.3 Å². The van der Waals surface area contributed by atoms with Gasteiger partial charge in [0, 0.05) is 18.7 Å². The van der Waals surface area contributed by atoms with Crippen molar-refractivity contribution in [2.75, 3.05) is 19.6 Å². The molecule has 6 heteroatoms. The molecule has 2 aliphatic rings. The van der Waals surface area contributed by atoms with Gasteiger partial charge >= 0.3 is 6.03 Å². The van der Waals surface area contributed by atoms with Crippen molar-refractivity contribution in [2.24, 2.45) is 5.92 Å². The number of piperidine rings is 1. The summed E-state index contributed by atoms with van der Waals surface area (Å²) in [4.78, 5) is 39.3. The van der Waals surface area contributed by atoms with Crippen molar-refractivity contribution in [1.82, 2.24) is 15.1 Å². The second-order valence-corrected chi connectivity index (χ2v) is 7.76. The Morgan fingerprint density at radius 2 is 1.62 bits per heavy atom. The van der Waals surface area contributed by atoms with Gasteiger partial charge in [-0.05, 0) is 48.4 Å². The normalized spacial score (nSPS) is 17.5. The van der Waals surface area contributed by atoms with Crippen molar-refractivity contribution in [1.29, 1.82) is 0 Å². The molecule has 0 saturated carbocycles. The lowest BCUT2D eigenvalue weighted by molar-refractivity contribution is -0.125. The number of imide groups is 1. The Morgan fingerprint density at radius 3 is 2.24 bits per heavy atom. The minimum Gasteiger partial charge on any atom is -0.339 e. The smallest absolute Gasteiger partial charge is 0.324 e. The zero-order chi connectivity index (χ0) is 20.2. The first-order chi connectivity index (χ1) is 14.1. The van der Waals surface area contributed by atoms with Gasteiger partial charge in [0.05, 0.1) is 13.1 Å². The fourth-order valence-corrected chi connectivity index (χ4v) is 4.02. The van der Waals surface area contributed by atoms with Crippen molar-refractivity contribution in [3.05, 3.63) is 71.3 Å². The molecule has 2 aromatic rings. The molecule has 2 aromatic carbocycles. The Kier molecular flexibility index (Phi) is 5.60. The summed E-state index contributed by atoms with van der Waals surface area (Å²) >= 11 is 0. The molecule has 2 fully saturated rings. The SMILES string of the molecule is O=C(c1ccc(CN2C(=O)CNC2=O)cc1)N1CCC(Cc2ccccc2)CC1. The van der Waals surface area contributed by atoms with Crippen LogP contribution in [0.15, 0.2) is 54.6 Å². The molecule has 150 valence electrons. The quantitative estimate of drug-likeness (QED) is 0.797.